The third kappa shape index (κ3) is 1.78. The van der Waals surface area contributed by atoms with E-state index in [1.165, 1.54) is 0 Å². The van der Waals surface area contributed by atoms with Gasteiger partial charge in [-0.1, -0.05) is 30.3 Å². The number of carbonyl (C=O) groups excluding carboxylic acids is 1. The first-order valence-corrected chi connectivity index (χ1v) is 5.69. The summed E-state index contributed by atoms with van der Waals surface area (Å²) in [5, 5.41) is 4.13. The zero-order valence-electron chi connectivity index (χ0n) is 9.58. The van der Waals surface area contributed by atoms with E-state index in [2.05, 4.69) is 15.5 Å². The number of hydrazone groups is 1. The summed E-state index contributed by atoms with van der Waals surface area (Å²) in [6.07, 6.45) is 3.39. The maximum Gasteiger partial charge on any atom is 0.253 e. The van der Waals surface area contributed by atoms with Crippen LogP contribution in [-0.2, 0) is 4.79 Å². The van der Waals surface area contributed by atoms with Crippen LogP contribution < -0.4 is 5.43 Å². The number of pyridine rings is 1. The molecule has 4 heteroatoms. The molecule has 0 spiro atoms. The smallest absolute Gasteiger partial charge is 0.253 e. The third-order valence-electron chi connectivity index (χ3n) is 2.93. The number of nitrogens with one attached hydrogen (secondary N) is 1. The van der Waals surface area contributed by atoms with Gasteiger partial charge in [0.05, 0.1) is 5.71 Å². The molecule has 1 N–H and O–H groups in total. The van der Waals surface area contributed by atoms with Crippen molar-refractivity contribution in [2.75, 3.05) is 0 Å². The van der Waals surface area contributed by atoms with Gasteiger partial charge in [-0.05, 0) is 17.7 Å². The number of carbonyl (C=O) groups is 1. The van der Waals surface area contributed by atoms with Crippen molar-refractivity contribution in [3.63, 3.8) is 0 Å². The molecule has 1 aliphatic rings. The van der Waals surface area contributed by atoms with Gasteiger partial charge in [-0.25, -0.2) is 5.43 Å². The zero-order chi connectivity index (χ0) is 12.4. The van der Waals surface area contributed by atoms with Crippen LogP contribution in [0, 0.1) is 0 Å². The highest BCUT2D eigenvalue weighted by molar-refractivity contribution is 6.20. The van der Waals surface area contributed by atoms with Crippen molar-refractivity contribution in [3.8, 4) is 0 Å². The Labute approximate surface area is 104 Å². The highest BCUT2D eigenvalue weighted by Gasteiger charge is 2.32. The van der Waals surface area contributed by atoms with Crippen LogP contribution in [0.4, 0.5) is 0 Å². The number of hydrogen-bond acceptors (Lipinski definition) is 3. The molecule has 4 nitrogen and oxygen atoms in total. The van der Waals surface area contributed by atoms with Crippen molar-refractivity contribution in [1.82, 2.24) is 10.4 Å². The number of benzene rings is 1. The van der Waals surface area contributed by atoms with Crippen LogP contribution in [0.25, 0.3) is 0 Å². The number of aromatic nitrogens is 1. The Kier molecular flexibility index (Phi) is 2.61. The first-order valence-electron chi connectivity index (χ1n) is 5.69. The van der Waals surface area contributed by atoms with E-state index in [-0.39, 0.29) is 11.8 Å². The van der Waals surface area contributed by atoms with Gasteiger partial charge in [0.1, 0.15) is 5.92 Å². The van der Waals surface area contributed by atoms with Crippen LogP contribution in [0.5, 0.6) is 0 Å². The first kappa shape index (κ1) is 10.7. The lowest BCUT2D eigenvalue weighted by Gasteiger charge is -2.10. The predicted molar refractivity (Wildman–Crippen MR) is 68.1 cm³/mol. The van der Waals surface area contributed by atoms with Crippen LogP contribution in [0.2, 0.25) is 0 Å². The second kappa shape index (κ2) is 4.41. The number of hydrogen-bond donors (Lipinski definition) is 1. The lowest BCUT2D eigenvalue weighted by atomic mass is 9.90. The van der Waals surface area contributed by atoms with Crippen LogP contribution in [0.3, 0.4) is 0 Å². The Morgan fingerprint density at radius 1 is 1.00 bits per heavy atom. The summed E-state index contributed by atoms with van der Waals surface area (Å²) in [5.74, 6) is -0.429. The second-order valence-electron chi connectivity index (χ2n) is 4.05. The molecular weight excluding hydrogens is 226 g/mol. The zero-order valence-corrected chi connectivity index (χ0v) is 9.58. The second-order valence-corrected chi connectivity index (χ2v) is 4.05. The van der Waals surface area contributed by atoms with Crippen LogP contribution >= 0.6 is 0 Å². The molecule has 0 saturated carbocycles. The molecule has 0 saturated heterocycles. The molecule has 1 atom stereocenters. The van der Waals surface area contributed by atoms with Crippen molar-refractivity contribution in [2.45, 2.75) is 5.92 Å². The Bertz CT molecular complexity index is 593. The average Bonchev–Trinajstić information content (AvgIpc) is 2.83. The molecule has 2 heterocycles. The first-order chi connectivity index (χ1) is 8.86. The minimum Gasteiger partial charge on any atom is -0.272 e. The minimum atomic E-state index is -0.339. The van der Waals surface area contributed by atoms with E-state index in [1.807, 2.05) is 42.5 Å². The van der Waals surface area contributed by atoms with Gasteiger partial charge in [-0.2, -0.15) is 5.10 Å². The fourth-order valence-corrected chi connectivity index (χ4v) is 2.08. The van der Waals surface area contributed by atoms with Crippen LogP contribution in [-0.4, -0.2) is 16.6 Å². The third-order valence-corrected chi connectivity index (χ3v) is 2.93. The van der Waals surface area contributed by atoms with Crippen molar-refractivity contribution < 1.29 is 4.79 Å². The minimum absolute atomic E-state index is 0.0898. The summed E-state index contributed by atoms with van der Waals surface area (Å²) in [6, 6.07) is 13.4. The summed E-state index contributed by atoms with van der Waals surface area (Å²) in [6.45, 7) is 0. The quantitative estimate of drug-likeness (QED) is 0.864. The van der Waals surface area contributed by atoms with E-state index in [0.717, 1.165) is 16.8 Å². The molecule has 0 unspecified atom stereocenters. The van der Waals surface area contributed by atoms with Crippen molar-refractivity contribution in [2.24, 2.45) is 5.10 Å². The van der Waals surface area contributed by atoms with Crippen molar-refractivity contribution >= 4 is 11.6 Å². The van der Waals surface area contributed by atoms with Gasteiger partial charge in [0.25, 0.3) is 5.91 Å². The maximum absolute atomic E-state index is 11.9. The highest BCUT2D eigenvalue weighted by atomic mass is 16.2. The van der Waals surface area contributed by atoms with Crippen LogP contribution in [0.1, 0.15) is 17.0 Å². The van der Waals surface area contributed by atoms with Gasteiger partial charge < -0.3 is 0 Å². The van der Waals surface area contributed by atoms with Gasteiger partial charge in [-0.15, -0.1) is 0 Å². The summed E-state index contributed by atoms with van der Waals surface area (Å²) in [7, 11) is 0. The van der Waals surface area contributed by atoms with E-state index < -0.39 is 0 Å². The van der Waals surface area contributed by atoms with Crippen molar-refractivity contribution in [1.29, 1.82) is 0 Å². The molecule has 88 valence electrons. The van der Waals surface area contributed by atoms with Crippen LogP contribution in [0.15, 0.2) is 60.0 Å². The van der Waals surface area contributed by atoms with Gasteiger partial charge in [-0.3, -0.25) is 9.78 Å². The highest BCUT2D eigenvalue weighted by Crippen LogP contribution is 2.24. The molecular formula is C14H11N3O. The Hall–Kier alpha value is -2.49. The molecule has 0 aliphatic carbocycles. The molecule has 0 fully saturated rings. The molecule has 0 radical (unpaired) electrons. The largest absolute Gasteiger partial charge is 0.272 e. The Morgan fingerprint density at radius 2 is 1.72 bits per heavy atom. The summed E-state index contributed by atoms with van der Waals surface area (Å²) >= 11 is 0. The molecule has 18 heavy (non-hydrogen) atoms. The Balaban J connectivity index is 2.03. The molecule has 1 aromatic carbocycles. The monoisotopic (exact) mass is 237 g/mol. The van der Waals surface area contributed by atoms with E-state index in [0.29, 0.717) is 0 Å². The average molecular weight is 237 g/mol. The summed E-state index contributed by atoms with van der Waals surface area (Å²) < 4.78 is 0. The molecule has 2 aromatic rings. The van der Waals surface area contributed by atoms with Gasteiger partial charge >= 0.3 is 0 Å². The summed E-state index contributed by atoms with van der Waals surface area (Å²) in [5.41, 5.74) is 5.15. The predicted octanol–water partition coefficient (Wildman–Crippen LogP) is 1.70. The normalized spacial score (nSPS) is 18.3. The molecule has 3 rings (SSSR count). The van der Waals surface area contributed by atoms with E-state index >= 15 is 0 Å². The molecule has 1 aromatic heterocycles. The number of nitrogens with zero attached hydrogens (tertiary/aromatic N) is 2. The lowest BCUT2D eigenvalue weighted by Crippen LogP contribution is -2.21. The van der Waals surface area contributed by atoms with Gasteiger partial charge in [0, 0.05) is 18.0 Å². The SMILES string of the molecule is O=C1NN=C(c2ccncc2)[C@@H]1c1ccccc1. The number of amides is 1. The van der Waals surface area contributed by atoms with E-state index in [9.17, 15) is 4.79 Å². The fourth-order valence-electron chi connectivity index (χ4n) is 2.08. The van der Waals surface area contributed by atoms with Gasteiger partial charge in [0.15, 0.2) is 0 Å². The molecule has 1 amide bonds. The lowest BCUT2D eigenvalue weighted by molar-refractivity contribution is -0.120. The standard InChI is InChI=1S/C14H11N3O/c18-14-12(10-4-2-1-3-5-10)13(16-17-14)11-6-8-15-9-7-11/h1-9,12H,(H,17,18)/t12-/m0/s1. The molecule has 0 bridgehead atoms. The maximum atomic E-state index is 11.9. The molecule has 1 aliphatic heterocycles. The fraction of sp³-hybridized carbons (Fsp3) is 0.0714. The number of rotatable bonds is 2. The van der Waals surface area contributed by atoms with E-state index in [4.69, 9.17) is 0 Å². The van der Waals surface area contributed by atoms with E-state index in [1.54, 1.807) is 12.4 Å². The Morgan fingerprint density at radius 3 is 2.44 bits per heavy atom. The van der Waals surface area contributed by atoms with Crippen molar-refractivity contribution in [3.05, 3.63) is 66.0 Å². The van der Waals surface area contributed by atoms with Gasteiger partial charge in [0.2, 0.25) is 0 Å². The topological polar surface area (TPSA) is 54.4 Å². The summed E-state index contributed by atoms with van der Waals surface area (Å²) in [4.78, 5) is 15.9.